The highest BCUT2D eigenvalue weighted by atomic mass is 35.5. The second kappa shape index (κ2) is 11.4. The van der Waals surface area contributed by atoms with Crippen LogP contribution in [0.15, 0.2) is 48.5 Å². The monoisotopic (exact) mass is 420 g/mol. The largest absolute Gasteiger partial charge is 0.484 e. The second-order valence-electron chi connectivity index (χ2n) is 6.71. The zero-order valence-electron chi connectivity index (χ0n) is 16.7. The molecule has 2 amide bonds. The zero-order valence-corrected chi connectivity index (χ0v) is 17.4. The normalized spacial score (nSPS) is 11.6. The van der Waals surface area contributed by atoms with Gasteiger partial charge >= 0.3 is 0 Å². The minimum absolute atomic E-state index is 0.217. The Labute approximate surface area is 175 Å². The number of ether oxygens (including phenoxy) is 1. The number of carbonyl (C=O) groups excluding carboxylic acids is 2. The molecule has 2 rings (SSSR count). The molecule has 7 heteroatoms. The number of hydrogen-bond acceptors (Lipinski definition) is 3. The number of hydrogen-bond donors (Lipinski definition) is 1. The maximum Gasteiger partial charge on any atom is 0.261 e. The van der Waals surface area contributed by atoms with Crippen molar-refractivity contribution in [3.8, 4) is 5.75 Å². The van der Waals surface area contributed by atoms with Crippen LogP contribution in [0.1, 0.15) is 32.3 Å². The summed E-state index contributed by atoms with van der Waals surface area (Å²) in [4.78, 5) is 26.8. The molecule has 2 aromatic carbocycles. The maximum atomic E-state index is 13.0. The van der Waals surface area contributed by atoms with E-state index in [4.69, 9.17) is 16.3 Å². The fourth-order valence-corrected chi connectivity index (χ4v) is 2.92. The van der Waals surface area contributed by atoms with Crippen molar-refractivity contribution in [3.05, 3.63) is 64.9 Å². The highest BCUT2D eigenvalue weighted by Crippen LogP contribution is 2.16. The van der Waals surface area contributed by atoms with Crippen molar-refractivity contribution in [2.45, 2.75) is 39.3 Å². The van der Waals surface area contributed by atoms with Crippen molar-refractivity contribution in [2.24, 2.45) is 0 Å². The van der Waals surface area contributed by atoms with Crippen LogP contribution in [0.4, 0.5) is 4.39 Å². The molecule has 0 heterocycles. The van der Waals surface area contributed by atoms with Gasteiger partial charge in [-0.15, -0.1) is 0 Å². The third-order valence-electron chi connectivity index (χ3n) is 4.41. The van der Waals surface area contributed by atoms with Crippen molar-refractivity contribution in [1.29, 1.82) is 0 Å². The highest BCUT2D eigenvalue weighted by Gasteiger charge is 2.26. The van der Waals surface area contributed by atoms with Crippen molar-refractivity contribution in [2.75, 3.05) is 13.2 Å². The molecule has 0 fully saturated rings. The van der Waals surface area contributed by atoms with Gasteiger partial charge in [0.1, 0.15) is 17.6 Å². The standard InChI is InChI=1S/C22H26ClFN2O3/c1-3-4-12-25-22(28)16(2)26(14-17-6-5-7-18(23)13-17)21(27)15-29-20-10-8-19(24)9-11-20/h5-11,13,16H,3-4,12,14-15H2,1-2H3,(H,25,28). The number of amides is 2. The molecule has 1 N–H and O–H groups in total. The van der Waals surface area contributed by atoms with Crippen LogP contribution in [-0.2, 0) is 16.1 Å². The molecule has 29 heavy (non-hydrogen) atoms. The number of nitrogens with zero attached hydrogens (tertiary/aromatic N) is 1. The lowest BCUT2D eigenvalue weighted by molar-refractivity contribution is -0.142. The fourth-order valence-electron chi connectivity index (χ4n) is 2.71. The van der Waals surface area contributed by atoms with Gasteiger partial charge in [-0.05, 0) is 55.3 Å². The van der Waals surface area contributed by atoms with E-state index < -0.39 is 6.04 Å². The van der Waals surface area contributed by atoms with Gasteiger partial charge in [-0.2, -0.15) is 0 Å². The summed E-state index contributed by atoms with van der Waals surface area (Å²) in [7, 11) is 0. The first kappa shape index (κ1) is 22.7. The predicted octanol–water partition coefficient (Wildman–Crippen LogP) is 4.19. The Morgan fingerprint density at radius 1 is 1.21 bits per heavy atom. The van der Waals surface area contributed by atoms with E-state index in [0.717, 1.165) is 18.4 Å². The van der Waals surface area contributed by atoms with Crippen LogP contribution in [0, 0.1) is 5.82 Å². The molecule has 0 aliphatic heterocycles. The summed E-state index contributed by atoms with van der Waals surface area (Å²) in [5.74, 6) is -0.589. The van der Waals surface area contributed by atoms with E-state index in [2.05, 4.69) is 5.32 Å². The molecular formula is C22H26ClFN2O3. The Bertz CT molecular complexity index is 814. The van der Waals surface area contributed by atoms with Crippen LogP contribution in [-0.4, -0.2) is 35.9 Å². The van der Waals surface area contributed by atoms with Crippen LogP contribution in [0.3, 0.4) is 0 Å². The van der Waals surface area contributed by atoms with Crippen LogP contribution in [0.5, 0.6) is 5.75 Å². The van der Waals surface area contributed by atoms with Crippen molar-refractivity contribution < 1.29 is 18.7 Å². The van der Waals surface area contributed by atoms with E-state index >= 15 is 0 Å². The van der Waals surface area contributed by atoms with Gasteiger partial charge in [0.15, 0.2) is 6.61 Å². The summed E-state index contributed by atoms with van der Waals surface area (Å²) < 4.78 is 18.5. The van der Waals surface area contributed by atoms with Gasteiger partial charge in [-0.3, -0.25) is 9.59 Å². The molecular weight excluding hydrogens is 395 g/mol. The number of benzene rings is 2. The first-order valence-corrected chi connectivity index (χ1v) is 9.98. The van der Waals surface area contributed by atoms with Gasteiger partial charge < -0.3 is 15.0 Å². The second-order valence-corrected chi connectivity index (χ2v) is 7.15. The van der Waals surface area contributed by atoms with Gasteiger partial charge in [0.25, 0.3) is 5.91 Å². The molecule has 0 aliphatic rings. The summed E-state index contributed by atoms with van der Waals surface area (Å²) in [6, 6.07) is 11.9. The third kappa shape index (κ3) is 7.38. The summed E-state index contributed by atoms with van der Waals surface area (Å²) >= 11 is 6.05. The number of unbranched alkanes of at least 4 members (excludes halogenated alkanes) is 1. The minimum atomic E-state index is -0.685. The molecule has 1 atom stereocenters. The van der Waals surface area contributed by atoms with Gasteiger partial charge in [-0.25, -0.2) is 4.39 Å². The van der Waals surface area contributed by atoms with Crippen molar-refractivity contribution in [3.63, 3.8) is 0 Å². The quantitative estimate of drug-likeness (QED) is 0.586. The molecule has 1 unspecified atom stereocenters. The molecule has 0 spiro atoms. The van der Waals surface area contributed by atoms with Gasteiger partial charge in [0.2, 0.25) is 5.91 Å². The number of nitrogens with one attached hydrogen (secondary N) is 1. The Kier molecular flexibility index (Phi) is 8.93. The summed E-state index contributed by atoms with van der Waals surface area (Å²) in [6.07, 6.45) is 1.83. The first-order valence-electron chi connectivity index (χ1n) is 9.60. The average molecular weight is 421 g/mol. The SMILES string of the molecule is CCCCNC(=O)C(C)N(Cc1cccc(Cl)c1)C(=O)COc1ccc(F)cc1. The van der Waals surface area contributed by atoms with E-state index in [1.54, 1.807) is 25.1 Å². The molecule has 0 radical (unpaired) electrons. The van der Waals surface area contributed by atoms with E-state index in [1.807, 2.05) is 13.0 Å². The maximum absolute atomic E-state index is 13.0. The average Bonchev–Trinajstić information content (AvgIpc) is 2.71. The molecule has 0 saturated heterocycles. The van der Waals surface area contributed by atoms with Crippen LogP contribution in [0.25, 0.3) is 0 Å². The molecule has 0 aliphatic carbocycles. The third-order valence-corrected chi connectivity index (χ3v) is 4.65. The lowest BCUT2D eigenvalue weighted by atomic mass is 10.1. The first-order chi connectivity index (χ1) is 13.9. The van der Waals surface area contributed by atoms with Crippen LogP contribution in [0.2, 0.25) is 5.02 Å². The molecule has 0 aromatic heterocycles. The highest BCUT2D eigenvalue weighted by molar-refractivity contribution is 6.30. The molecule has 0 bridgehead atoms. The fraction of sp³-hybridized carbons (Fsp3) is 0.364. The Morgan fingerprint density at radius 2 is 1.93 bits per heavy atom. The van der Waals surface area contributed by atoms with E-state index in [1.165, 1.54) is 29.2 Å². The van der Waals surface area contributed by atoms with Gasteiger partial charge in [0.05, 0.1) is 0 Å². The smallest absolute Gasteiger partial charge is 0.261 e. The predicted molar refractivity (Wildman–Crippen MR) is 111 cm³/mol. The number of rotatable bonds is 10. The summed E-state index contributed by atoms with van der Waals surface area (Å²) in [5.41, 5.74) is 0.806. The van der Waals surface area contributed by atoms with Crippen molar-refractivity contribution in [1.82, 2.24) is 10.2 Å². The lowest BCUT2D eigenvalue weighted by Crippen LogP contribution is -2.49. The summed E-state index contributed by atoms with van der Waals surface area (Å²) in [5, 5.41) is 3.41. The van der Waals surface area contributed by atoms with E-state index in [9.17, 15) is 14.0 Å². The Hall–Kier alpha value is -2.60. The summed E-state index contributed by atoms with van der Waals surface area (Å²) in [6.45, 7) is 4.23. The van der Waals surface area contributed by atoms with Crippen LogP contribution < -0.4 is 10.1 Å². The Balaban J connectivity index is 2.10. The molecule has 156 valence electrons. The van der Waals surface area contributed by atoms with Crippen molar-refractivity contribution >= 4 is 23.4 Å². The molecule has 0 saturated carbocycles. The van der Waals surface area contributed by atoms with Crippen LogP contribution >= 0.6 is 11.6 Å². The van der Waals surface area contributed by atoms with Gasteiger partial charge in [0, 0.05) is 18.1 Å². The lowest BCUT2D eigenvalue weighted by Gasteiger charge is -2.28. The zero-order chi connectivity index (χ0) is 21.2. The molecule has 2 aromatic rings. The van der Waals surface area contributed by atoms with E-state index in [0.29, 0.717) is 17.3 Å². The van der Waals surface area contributed by atoms with E-state index in [-0.39, 0.29) is 30.8 Å². The topological polar surface area (TPSA) is 58.6 Å². The molecule has 5 nitrogen and oxygen atoms in total. The number of carbonyl (C=O) groups is 2. The Morgan fingerprint density at radius 3 is 2.59 bits per heavy atom. The number of halogens is 2. The van der Waals surface area contributed by atoms with Gasteiger partial charge in [-0.1, -0.05) is 37.1 Å². The minimum Gasteiger partial charge on any atom is -0.484 e.